The zero-order chi connectivity index (χ0) is 50.1. The summed E-state index contributed by atoms with van der Waals surface area (Å²) >= 11 is 0. The number of hydrogen-bond acceptors (Lipinski definition) is 7. The number of nitrogens with two attached hydrogens (primary N) is 1. The molecule has 10 nitrogen and oxygen atoms in total. The number of pyridine rings is 2. The van der Waals surface area contributed by atoms with E-state index in [1.165, 1.54) is 56.6 Å². The Balaban J connectivity index is 0.000000178. The molecule has 0 saturated heterocycles. The van der Waals surface area contributed by atoms with Crippen LogP contribution in [0.15, 0.2) is 143 Å². The molecule has 372 valence electrons. The molecule has 0 amide bonds. The van der Waals surface area contributed by atoms with Crippen molar-refractivity contribution in [1.29, 1.82) is 0 Å². The molecular formula is C62H69N4O6+. The largest absolute Gasteiger partial charge is 0.487 e. The number of aromatic nitrogens is 2. The van der Waals surface area contributed by atoms with Crippen LogP contribution in [0.4, 0.5) is 0 Å². The lowest BCUT2D eigenvalue weighted by Crippen LogP contribution is -2.91. The van der Waals surface area contributed by atoms with Gasteiger partial charge in [-0.2, -0.15) is 0 Å². The number of aliphatic hydroxyl groups excluding tert-OH is 2. The molecule has 0 spiro atoms. The molecule has 0 saturated carbocycles. The zero-order valence-electron chi connectivity index (χ0n) is 42.1. The molecule has 7 N–H and O–H groups in total. The summed E-state index contributed by atoms with van der Waals surface area (Å²) < 4.78 is 12.1. The number of quaternary nitrogens is 1. The fraction of sp³-hybridized carbons (Fsp3) is 0.323. The molecule has 72 heavy (non-hydrogen) atoms. The molecule has 0 aliphatic heterocycles. The van der Waals surface area contributed by atoms with Crippen molar-refractivity contribution in [2.45, 2.75) is 117 Å². The Bertz CT molecular complexity index is 2970. The maximum Gasteiger partial charge on any atom is 0.248 e. The molecule has 0 unspecified atom stereocenters. The van der Waals surface area contributed by atoms with Crippen molar-refractivity contribution in [2.24, 2.45) is 0 Å². The third kappa shape index (κ3) is 11.6. The highest BCUT2D eigenvalue weighted by Gasteiger charge is 2.28. The number of H-pyrrole nitrogens is 2. The summed E-state index contributed by atoms with van der Waals surface area (Å²) in [5.74, 6) is 1.20. The molecule has 2 aliphatic rings. The lowest BCUT2D eigenvalue weighted by molar-refractivity contribution is -0.693. The first-order chi connectivity index (χ1) is 35.1. The number of fused-ring (bicyclic) bond motifs is 4. The van der Waals surface area contributed by atoms with Crippen molar-refractivity contribution in [3.63, 3.8) is 0 Å². The third-order valence-corrected chi connectivity index (χ3v) is 14.7. The van der Waals surface area contributed by atoms with Gasteiger partial charge in [-0.15, -0.1) is 0 Å². The summed E-state index contributed by atoms with van der Waals surface area (Å²) in [6, 6.07) is 44.2. The van der Waals surface area contributed by atoms with Gasteiger partial charge < -0.3 is 40.3 Å². The van der Waals surface area contributed by atoms with E-state index in [0.29, 0.717) is 60.9 Å². The Labute approximate surface area is 422 Å². The Morgan fingerprint density at radius 1 is 0.542 bits per heavy atom. The number of aromatic amines is 2. The van der Waals surface area contributed by atoms with Crippen molar-refractivity contribution < 1.29 is 25.0 Å². The lowest BCUT2D eigenvalue weighted by atomic mass is 9.97. The van der Waals surface area contributed by atoms with E-state index in [4.69, 9.17) is 9.47 Å². The summed E-state index contributed by atoms with van der Waals surface area (Å²) in [4.78, 5) is 30.0. The van der Waals surface area contributed by atoms with Crippen LogP contribution < -0.4 is 31.2 Å². The molecule has 10 heteroatoms. The monoisotopic (exact) mass is 966 g/mol. The van der Waals surface area contributed by atoms with Gasteiger partial charge in [0.1, 0.15) is 37.4 Å². The van der Waals surface area contributed by atoms with E-state index in [0.717, 1.165) is 84.4 Å². The highest BCUT2D eigenvalue weighted by Crippen LogP contribution is 2.33. The van der Waals surface area contributed by atoms with E-state index in [-0.39, 0.29) is 11.1 Å². The van der Waals surface area contributed by atoms with Crippen molar-refractivity contribution in [3.8, 4) is 11.5 Å². The zero-order valence-corrected chi connectivity index (χ0v) is 42.1. The Morgan fingerprint density at radius 2 is 0.958 bits per heavy atom. The van der Waals surface area contributed by atoms with Gasteiger partial charge in [0, 0.05) is 48.3 Å². The highest BCUT2D eigenvalue weighted by atomic mass is 16.5. The van der Waals surface area contributed by atoms with E-state index < -0.39 is 12.2 Å². The molecule has 0 radical (unpaired) electrons. The smallest absolute Gasteiger partial charge is 0.248 e. The van der Waals surface area contributed by atoms with Gasteiger partial charge >= 0.3 is 0 Å². The van der Waals surface area contributed by atoms with Gasteiger partial charge in [0.05, 0.1) is 23.2 Å². The summed E-state index contributed by atoms with van der Waals surface area (Å²) in [7, 11) is 0. The predicted molar refractivity (Wildman–Crippen MR) is 288 cm³/mol. The maximum absolute atomic E-state index is 12.1. The number of aryl methyl sites for hydroxylation is 4. The maximum atomic E-state index is 12.1. The van der Waals surface area contributed by atoms with E-state index in [2.05, 4.69) is 72.6 Å². The van der Waals surface area contributed by atoms with Gasteiger partial charge in [0.25, 0.3) is 0 Å². The summed E-state index contributed by atoms with van der Waals surface area (Å²) in [6.45, 7) is 10.7. The first kappa shape index (κ1) is 50.1. The molecule has 2 aliphatic carbocycles. The van der Waals surface area contributed by atoms with Gasteiger partial charge in [-0.05, 0) is 130 Å². The first-order valence-electron chi connectivity index (χ1n) is 26.0. The van der Waals surface area contributed by atoms with Crippen molar-refractivity contribution in [1.82, 2.24) is 15.3 Å². The van der Waals surface area contributed by atoms with Crippen LogP contribution in [0, 0.1) is 0 Å². The van der Waals surface area contributed by atoms with E-state index in [9.17, 15) is 19.8 Å². The van der Waals surface area contributed by atoms with Crippen LogP contribution >= 0.6 is 0 Å². The van der Waals surface area contributed by atoms with Gasteiger partial charge in [0.15, 0.2) is 0 Å². The standard InChI is InChI=1S/2C31H34N2O3/c2*1-3-21-14-23-16-25(17-24(23)15-22(21)4-2)32-18-28(34)26-10-12-29(31-27(26)11-13-30(35)33-31)36-19-20-8-6-5-7-9-20/h2*5-15,25,28,32,34H,3-4,16-19H2,1-2H3,(H,33,35)/p+1/t2*28-/m00/s1. The molecule has 8 aromatic rings. The van der Waals surface area contributed by atoms with E-state index >= 15 is 0 Å². The Kier molecular flexibility index (Phi) is 16.1. The number of benzene rings is 6. The van der Waals surface area contributed by atoms with E-state index in [1.807, 2.05) is 84.9 Å². The van der Waals surface area contributed by atoms with Crippen LogP contribution in [0.2, 0.25) is 0 Å². The van der Waals surface area contributed by atoms with Crippen LogP contribution in [-0.2, 0) is 64.6 Å². The fourth-order valence-corrected chi connectivity index (χ4v) is 10.8. The Hall–Kier alpha value is -6.82. The second-order valence-electron chi connectivity index (χ2n) is 19.5. The van der Waals surface area contributed by atoms with Gasteiger partial charge in [-0.3, -0.25) is 9.59 Å². The normalized spacial score (nSPS) is 14.2. The van der Waals surface area contributed by atoms with E-state index in [1.54, 1.807) is 12.1 Å². The van der Waals surface area contributed by atoms with Crippen molar-refractivity contribution in [3.05, 3.63) is 221 Å². The number of hydrogen-bond donors (Lipinski definition) is 6. The fourth-order valence-electron chi connectivity index (χ4n) is 10.8. The first-order valence-corrected chi connectivity index (χ1v) is 26.0. The second kappa shape index (κ2) is 23.2. The summed E-state index contributed by atoms with van der Waals surface area (Å²) in [5, 5.41) is 29.8. The average Bonchev–Trinajstić information content (AvgIpc) is 4.02. The predicted octanol–water partition coefficient (Wildman–Crippen LogP) is 9.02. The quantitative estimate of drug-likeness (QED) is 0.0502. The van der Waals surface area contributed by atoms with Gasteiger partial charge in [-0.1, -0.05) is 125 Å². The summed E-state index contributed by atoms with van der Waals surface area (Å²) in [6.07, 6.45) is 6.97. The molecule has 2 heterocycles. The van der Waals surface area contributed by atoms with Crippen LogP contribution in [0.1, 0.15) is 107 Å². The van der Waals surface area contributed by atoms with Crippen LogP contribution in [-0.4, -0.2) is 45.4 Å². The van der Waals surface area contributed by atoms with Gasteiger partial charge in [-0.25, -0.2) is 0 Å². The molecule has 2 aromatic heterocycles. The third-order valence-electron chi connectivity index (χ3n) is 14.7. The summed E-state index contributed by atoms with van der Waals surface area (Å²) in [5.41, 5.74) is 16.2. The minimum absolute atomic E-state index is 0.188. The molecule has 10 rings (SSSR count). The Morgan fingerprint density at radius 3 is 1.39 bits per heavy atom. The van der Waals surface area contributed by atoms with Gasteiger partial charge in [0.2, 0.25) is 11.1 Å². The molecular weight excluding hydrogens is 897 g/mol. The minimum Gasteiger partial charge on any atom is -0.487 e. The average molecular weight is 966 g/mol. The lowest BCUT2D eigenvalue weighted by Gasteiger charge is -2.19. The molecule has 0 fully saturated rings. The molecule has 6 aromatic carbocycles. The van der Waals surface area contributed by atoms with Crippen LogP contribution in [0.5, 0.6) is 11.5 Å². The van der Waals surface area contributed by atoms with Crippen molar-refractivity contribution >= 4 is 21.8 Å². The number of rotatable bonds is 18. The highest BCUT2D eigenvalue weighted by molar-refractivity contribution is 5.88. The van der Waals surface area contributed by atoms with Crippen LogP contribution in [0.3, 0.4) is 0 Å². The minimum atomic E-state index is -0.706. The number of aliphatic hydroxyl groups is 2. The molecule has 2 atom stereocenters. The molecule has 0 bridgehead atoms. The number of ether oxygens (including phenoxy) is 2. The second-order valence-corrected chi connectivity index (χ2v) is 19.5. The topological polar surface area (TPSA) is 153 Å². The number of nitrogens with one attached hydrogen (secondary N) is 3. The van der Waals surface area contributed by atoms with Crippen molar-refractivity contribution in [2.75, 3.05) is 13.1 Å². The SMILES string of the molecule is CCc1cc2c(cc1CC)CC(NC[C@H](O)c1ccc(OCc3ccccc3)c3[nH]c(=O)ccc13)C2.CCc1cc2c(cc1CC)CC([NH2+]C[C@H](O)c1ccc(OCc3ccccc3)c3[nH]c(=O)ccc13)C2. The van der Waals surface area contributed by atoms with Crippen LogP contribution in [0.25, 0.3) is 21.8 Å².